The maximum atomic E-state index is 13.5. The number of hydrogen-bond acceptors (Lipinski definition) is 6. The summed E-state index contributed by atoms with van der Waals surface area (Å²) < 4.78 is 12.4. The van der Waals surface area contributed by atoms with Crippen LogP contribution < -0.4 is 10.1 Å². The molecule has 2 atom stereocenters. The van der Waals surface area contributed by atoms with E-state index in [-0.39, 0.29) is 36.4 Å². The molecule has 3 heterocycles. The van der Waals surface area contributed by atoms with Gasteiger partial charge < -0.3 is 19.7 Å². The van der Waals surface area contributed by atoms with Gasteiger partial charge in [-0.15, -0.1) is 0 Å². The van der Waals surface area contributed by atoms with Gasteiger partial charge in [-0.2, -0.15) is 14.9 Å². The molecule has 0 aliphatic carbocycles. The number of carbonyl (C=O) groups is 2. The van der Waals surface area contributed by atoms with Crippen LogP contribution in [0.25, 0.3) is 22.0 Å². The molecule has 1 fully saturated rings. The van der Waals surface area contributed by atoms with Crippen molar-refractivity contribution in [2.45, 2.75) is 32.6 Å². The predicted molar refractivity (Wildman–Crippen MR) is 134 cm³/mol. The third-order valence-corrected chi connectivity index (χ3v) is 6.19. The molecule has 1 aliphatic heterocycles. The normalized spacial score (nSPS) is 17.8. The predicted octanol–water partition coefficient (Wildman–Crippen LogP) is 3.44. The molecule has 2 N–H and O–H groups in total. The number of nitrogens with one attached hydrogen (secondary N) is 2. The van der Waals surface area contributed by atoms with Crippen molar-refractivity contribution in [2.24, 2.45) is 0 Å². The molecular weight excluding hydrogens is 460 g/mol. The Kier molecular flexibility index (Phi) is 6.43. The highest BCUT2D eigenvalue weighted by Gasteiger charge is 2.29. The molecular formula is C26H28N6O4. The summed E-state index contributed by atoms with van der Waals surface area (Å²) in [6.45, 7) is 5.07. The third-order valence-electron chi connectivity index (χ3n) is 6.19. The van der Waals surface area contributed by atoms with Crippen LogP contribution >= 0.6 is 0 Å². The fourth-order valence-corrected chi connectivity index (χ4v) is 4.54. The highest BCUT2D eigenvalue weighted by atomic mass is 16.5. The number of benzene rings is 2. The van der Waals surface area contributed by atoms with Gasteiger partial charge in [0.1, 0.15) is 5.75 Å². The average Bonchev–Trinajstić information content (AvgIpc) is 3.55. The molecule has 5 rings (SSSR count). The molecule has 1 saturated heterocycles. The maximum Gasteiger partial charge on any atom is 0.345 e. The first kappa shape index (κ1) is 23.6. The number of H-pyrrole nitrogens is 1. The van der Waals surface area contributed by atoms with Crippen molar-refractivity contribution in [3.8, 4) is 16.9 Å². The number of rotatable bonds is 5. The average molecular weight is 489 g/mol. The Morgan fingerprint density at radius 1 is 1.14 bits per heavy atom. The maximum absolute atomic E-state index is 13.5. The summed E-state index contributed by atoms with van der Waals surface area (Å²) in [5, 5.41) is 14.8. The number of aromatic amines is 1. The van der Waals surface area contributed by atoms with Crippen molar-refractivity contribution in [3.05, 3.63) is 66.1 Å². The number of hydrogen-bond donors (Lipinski definition) is 2. The largest absolute Gasteiger partial charge is 0.497 e. The first-order chi connectivity index (χ1) is 17.4. The fourth-order valence-electron chi connectivity index (χ4n) is 4.54. The number of ether oxygens (including phenoxy) is 2. The zero-order chi connectivity index (χ0) is 25.2. The van der Waals surface area contributed by atoms with Crippen LogP contribution in [0, 0.1) is 0 Å². The van der Waals surface area contributed by atoms with E-state index in [0.29, 0.717) is 29.7 Å². The Bertz CT molecular complexity index is 1390. The van der Waals surface area contributed by atoms with Crippen LogP contribution in [-0.2, 0) is 11.3 Å². The number of amides is 2. The van der Waals surface area contributed by atoms with Crippen LogP contribution in [0.4, 0.5) is 4.79 Å². The molecule has 2 amide bonds. The van der Waals surface area contributed by atoms with Crippen LogP contribution in [0.1, 0.15) is 29.9 Å². The third kappa shape index (κ3) is 4.67. The summed E-state index contributed by atoms with van der Waals surface area (Å²) in [6, 6.07) is 12.8. The standard InChI is InChI=1S/C26H28N6O4/c1-16-14-31(15-17(2)36-16)26(34)32-23-8-7-19(20-12-28-29-13-20)10-22(23)24(30-32)25(33)27-11-18-5-4-6-21(9-18)35-3/h4-10,12-13,16-17H,11,14-15H2,1-3H3,(H,27,33)(H,28,29)/t16-,17+. The summed E-state index contributed by atoms with van der Waals surface area (Å²) >= 11 is 0. The summed E-state index contributed by atoms with van der Waals surface area (Å²) in [6.07, 6.45) is 3.31. The summed E-state index contributed by atoms with van der Waals surface area (Å²) in [4.78, 5) is 28.5. The Morgan fingerprint density at radius 2 is 1.94 bits per heavy atom. The smallest absolute Gasteiger partial charge is 0.345 e. The Labute approximate surface area is 208 Å². The Morgan fingerprint density at radius 3 is 2.67 bits per heavy atom. The lowest BCUT2D eigenvalue weighted by Gasteiger charge is -2.34. The molecule has 0 radical (unpaired) electrons. The van der Waals surface area contributed by atoms with E-state index in [1.165, 1.54) is 4.68 Å². The second-order valence-corrected chi connectivity index (χ2v) is 8.96. The van der Waals surface area contributed by atoms with E-state index >= 15 is 0 Å². The minimum absolute atomic E-state index is 0.0853. The first-order valence-electron chi connectivity index (χ1n) is 11.8. The van der Waals surface area contributed by atoms with E-state index < -0.39 is 0 Å². The van der Waals surface area contributed by atoms with Crippen molar-refractivity contribution < 1.29 is 19.1 Å². The molecule has 4 aromatic rings. The minimum atomic E-state index is -0.373. The number of carbonyl (C=O) groups excluding carboxylic acids is 2. The van der Waals surface area contributed by atoms with Gasteiger partial charge in [-0.25, -0.2) is 4.79 Å². The lowest BCUT2D eigenvalue weighted by Crippen LogP contribution is -2.49. The van der Waals surface area contributed by atoms with E-state index in [9.17, 15) is 9.59 Å². The van der Waals surface area contributed by atoms with Crippen LogP contribution in [-0.4, -0.2) is 69.2 Å². The monoisotopic (exact) mass is 488 g/mol. The van der Waals surface area contributed by atoms with Gasteiger partial charge in [0.25, 0.3) is 5.91 Å². The van der Waals surface area contributed by atoms with E-state index in [2.05, 4.69) is 20.6 Å². The quantitative estimate of drug-likeness (QED) is 0.445. The molecule has 0 saturated carbocycles. The molecule has 36 heavy (non-hydrogen) atoms. The molecule has 1 aliphatic rings. The van der Waals surface area contributed by atoms with Crippen molar-refractivity contribution in [1.29, 1.82) is 0 Å². The Balaban J connectivity index is 1.50. The van der Waals surface area contributed by atoms with Crippen molar-refractivity contribution in [2.75, 3.05) is 20.2 Å². The number of fused-ring (bicyclic) bond motifs is 1. The first-order valence-corrected chi connectivity index (χ1v) is 11.8. The molecule has 186 valence electrons. The highest BCUT2D eigenvalue weighted by molar-refractivity contribution is 6.07. The van der Waals surface area contributed by atoms with Crippen molar-refractivity contribution in [3.63, 3.8) is 0 Å². The van der Waals surface area contributed by atoms with Crippen molar-refractivity contribution in [1.82, 2.24) is 30.2 Å². The van der Waals surface area contributed by atoms with Gasteiger partial charge in [0, 0.05) is 36.8 Å². The summed E-state index contributed by atoms with van der Waals surface area (Å²) in [7, 11) is 1.60. The minimum Gasteiger partial charge on any atom is -0.497 e. The zero-order valence-electron chi connectivity index (χ0n) is 20.4. The van der Waals surface area contributed by atoms with Crippen LogP contribution in [0.2, 0.25) is 0 Å². The number of aromatic nitrogens is 4. The summed E-state index contributed by atoms with van der Waals surface area (Å²) in [5.74, 6) is 0.336. The molecule has 10 nitrogen and oxygen atoms in total. The molecule has 2 aromatic heterocycles. The van der Waals surface area contributed by atoms with E-state index in [1.807, 2.05) is 56.3 Å². The second kappa shape index (κ2) is 9.82. The molecule has 0 spiro atoms. The molecule has 10 heteroatoms. The van der Waals surface area contributed by atoms with Crippen LogP contribution in [0.3, 0.4) is 0 Å². The van der Waals surface area contributed by atoms with E-state index in [1.54, 1.807) is 24.4 Å². The molecule has 0 bridgehead atoms. The highest BCUT2D eigenvalue weighted by Crippen LogP contribution is 2.27. The molecule has 2 aromatic carbocycles. The summed E-state index contributed by atoms with van der Waals surface area (Å²) in [5.41, 5.74) is 3.36. The van der Waals surface area contributed by atoms with Gasteiger partial charge in [-0.3, -0.25) is 9.89 Å². The lowest BCUT2D eigenvalue weighted by atomic mass is 10.1. The van der Waals surface area contributed by atoms with Crippen LogP contribution in [0.15, 0.2) is 54.9 Å². The van der Waals surface area contributed by atoms with Gasteiger partial charge in [0.2, 0.25) is 0 Å². The second-order valence-electron chi connectivity index (χ2n) is 8.96. The zero-order valence-corrected chi connectivity index (χ0v) is 20.4. The SMILES string of the molecule is COc1cccc(CNC(=O)c2nn(C(=O)N3C[C@@H](C)O[C@@H](C)C3)c3ccc(-c4cn[nH]c4)cc23)c1. The van der Waals surface area contributed by atoms with Gasteiger partial charge in [0.05, 0.1) is 31.0 Å². The number of morpholine rings is 1. The van der Waals surface area contributed by atoms with E-state index in [0.717, 1.165) is 16.7 Å². The number of nitrogens with zero attached hydrogens (tertiary/aromatic N) is 4. The van der Waals surface area contributed by atoms with Gasteiger partial charge in [0.15, 0.2) is 5.69 Å². The lowest BCUT2D eigenvalue weighted by molar-refractivity contribution is -0.0545. The van der Waals surface area contributed by atoms with E-state index in [4.69, 9.17) is 9.47 Å². The topological polar surface area (TPSA) is 114 Å². The van der Waals surface area contributed by atoms with Gasteiger partial charge in [-0.1, -0.05) is 18.2 Å². The number of methoxy groups -OCH3 is 1. The van der Waals surface area contributed by atoms with Gasteiger partial charge >= 0.3 is 6.03 Å². The van der Waals surface area contributed by atoms with Crippen LogP contribution in [0.5, 0.6) is 5.75 Å². The van der Waals surface area contributed by atoms with Gasteiger partial charge in [-0.05, 0) is 49.2 Å². The molecule has 0 unspecified atom stereocenters. The fraction of sp³-hybridized carbons (Fsp3) is 0.308. The Hall–Kier alpha value is -4.18. The van der Waals surface area contributed by atoms with Crippen molar-refractivity contribution >= 4 is 22.8 Å².